The average Bonchev–Trinajstić information content (AvgIpc) is 2.35. The fraction of sp³-hybridized carbons (Fsp3) is 0.684. The maximum atomic E-state index is 5.98. The lowest BCUT2D eigenvalue weighted by Gasteiger charge is -2.42. The highest BCUT2D eigenvalue weighted by Crippen LogP contribution is 2.46. The molecule has 1 aromatic carbocycles. The lowest BCUT2D eigenvalue weighted by atomic mass is 9.62. The van der Waals surface area contributed by atoms with Gasteiger partial charge in [-0.15, -0.1) is 11.6 Å². The van der Waals surface area contributed by atoms with Gasteiger partial charge in [-0.1, -0.05) is 59.7 Å². The molecule has 1 heteroatoms. The number of fused-ring (bicyclic) bond motifs is 1. The summed E-state index contributed by atoms with van der Waals surface area (Å²) in [6.07, 6.45) is 3.57. The number of benzene rings is 1. The molecule has 2 rings (SSSR count). The van der Waals surface area contributed by atoms with Crippen molar-refractivity contribution >= 4 is 11.6 Å². The summed E-state index contributed by atoms with van der Waals surface area (Å²) < 4.78 is 0. The second-order valence-electron chi connectivity index (χ2n) is 8.35. The predicted molar refractivity (Wildman–Crippen MR) is 90.1 cm³/mol. The van der Waals surface area contributed by atoms with Crippen molar-refractivity contribution in [2.75, 3.05) is 5.88 Å². The van der Waals surface area contributed by atoms with Gasteiger partial charge in [0.1, 0.15) is 0 Å². The summed E-state index contributed by atoms with van der Waals surface area (Å²) in [6.45, 7) is 14.1. The normalized spacial score (nSPS) is 20.6. The van der Waals surface area contributed by atoms with E-state index in [2.05, 4.69) is 59.7 Å². The molecule has 0 saturated heterocycles. The summed E-state index contributed by atoms with van der Waals surface area (Å²) in [6, 6.07) is 7.17. The second-order valence-corrected chi connectivity index (χ2v) is 8.73. The zero-order valence-electron chi connectivity index (χ0n) is 13.9. The fourth-order valence-electron chi connectivity index (χ4n) is 3.39. The Morgan fingerprint density at radius 2 is 1.55 bits per heavy atom. The molecular weight excluding hydrogens is 264 g/mol. The van der Waals surface area contributed by atoms with Gasteiger partial charge in [0.05, 0.1) is 0 Å². The molecule has 0 saturated carbocycles. The largest absolute Gasteiger partial charge is 0.127 e. The third-order valence-electron chi connectivity index (χ3n) is 5.35. The highest BCUT2D eigenvalue weighted by molar-refractivity contribution is 6.17. The highest BCUT2D eigenvalue weighted by Gasteiger charge is 2.37. The van der Waals surface area contributed by atoms with Gasteiger partial charge in [-0.2, -0.15) is 0 Å². The molecule has 0 nitrogen and oxygen atoms in total. The van der Waals surface area contributed by atoms with Crippen molar-refractivity contribution < 1.29 is 0 Å². The molecule has 0 aliphatic heterocycles. The van der Waals surface area contributed by atoms with E-state index in [0.29, 0.717) is 5.41 Å². The zero-order valence-corrected chi connectivity index (χ0v) is 14.7. The molecule has 1 aliphatic carbocycles. The van der Waals surface area contributed by atoms with E-state index >= 15 is 0 Å². The lowest BCUT2D eigenvalue weighted by Crippen LogP contribution is -2.34. The minimum atomic E-state index is 0.161. The van der Waals surface area contributed by atoms with Crippen molar-refractivity contribution in [3.8, 4) is 0 Å². The van der Waals surface area contributed by atoms with E-state index in [4.69, 9.17) is 11.6 Å². The Bertz CT molecular complexity index is 494. The molecule has 0 atom stereocenters. The van der Waals surface area contributed by atoms with Gasteiger partial charge in [-0.3, -0.25) is 0 Å². The van der Waals surface area contributed by atoms with Gasteiger partial charge >= 0.3 is 0 Å². The SMILES string of the molecule is CC(C)(CCCl)c1ccc2c(c1)C(C)(C)CCC2(C)C. The van der Waals surface area contributed by atoms with Gasteiger partial charge in [0.15, 0.2) is 0 Å². The maximum Gasteiger partial charge on any atom is 0.0231 e. The molecule has 0 bridgehead atoms. The van der Waals surface area contributed by atoms with Crippen LogP contribution < -0.4 is 0 Å². The number of alkyl halides is 1. The van der Waals surface area contributed by atoms with Gasteiger partial charge in [0, 0.05) is 5.88 Å². The van der Waals surface area contributed by atoms with Gasteiger partial charge < -0.3 is 0 Å². The van der Waals surface area contributed by atoms with E-state index in [-0.39, 0.29) is 10.8 Å². The summed E-state index contributed by atoms with van der Waals surface area (Å²) >= 11 is 5.98. The average molecular weight is 293 g/mol. The van der Waals surface area contributed by atoms with Crippen molar-refractivity contribution in [1.29, 1.82) is 0 Å². The molecule has 0 radical (unpaired) electrons. The summed E-state index contributed by atoms with van der Waals surface area (Å²) in [5.41, 5.74) is 5.28. The van der Waals surface area contributed by atoms with Crippen LogP contribution in [0.3, 0.4) is 0 Å². The van der Waals surface area contributed by atoms with Crippen LogP contribution in [0.1, 0.15) is 77.5 Å². The van der Waals surface area contributed by atoms with Crippen LogP contribution in [0.25, 0.3) is 0 Å². The zero-order chi connectivity index (χ0) is 15.2. The van der Waals surface area contributed by atoms with Crippen LogP contribution in [-0.4, -0.2) is 5.88 Å². The summed E-state index contributed by atoms with van der Waals surface area (Å²) in [5.74, 6) is 0.721. The second kappa shape index (κ2) is 5.05. The van der Waals surface area contributed by atoms with Gasteiger partial charge in [0.25, 0.3) is 0 Å². The molecule has 0 N–H and O–H groups in total. The topological polar surface area (TPSA) is 0 Å². The molecule has 0 spiro atoms. The van der Waals surface area contributed by atoms with E-state index in [9.17, 15) is 0 Å². The molecule has 0 heterocycles. The van der Waals surface area contributed by atoms with Crippen LogP contribution in [0.15, 0.2) is 18.2 Å². The first-order valence-electron chi connectivity index (χ1n) is 7.82. The number of rotatable bonds is 3. The van der Waals surface area contributed by atoms with E-state index in [1.54, 1.807) is 11.1 Å². The van der Waals surface area contributed by atoms with E-state index in [0.717, 1.165) is 12.3 Å². The Morgan fingerprint density at radius 1 is 1.00 bits per heavy atom. The van der Waals surface area contributed by atoms with Crippen LogP contribution in [0.2, 0.25) is 0 Å². The van der Waals surface area contributed by atoms with Gasteiger partial charge in [-0.25, -0.2) is 0 Å². The Labute approximate surface area is 129 Å². The van der Waals surface area contributed by atoms with Crippen molar-refractivity contribution in [2.24, 2.45) is 0 Å². The molecule has 0 fully saturated rings. The molecule has 112 valence electrons. The van der Waals surface area contributed by atoms with Crippen LogP contribution >= 0.6 is 11.6 Å². The number of halogens is 1. The quantitative estimate of drug-likeness (QED) is 0.605. The smallest absolute Gasteiger partial charge is 0.0231 e. The fourth-order valence-corrected chi connectivity index (χ4v) is 3.86. The van der Waals surface area contributed by atoms with Crippen molar-refractivity contribution in [3.63, 3.8) is 0 Å². The van der Waals surface area contributed by atoms with Crippen LogP contribution in [0.4, 0.5) is 0 Å². The Balaban J connectivity index is 2.54. The molecule has 20 heavy (non-hydrogen) atoms. The molecule has 0 amide bonds. The monoisotopic (exact) mass is 292 g/mol. The van der Waals surface area contributed by atoms with Crippen LogP contribution in [-0.2, 0) is 16.2 Å². The third kappa shape index (κ3) is 2.77. The van der Waals surface area contributed by atoms with Gasteiger partial charge in [-0.05, 0) is 52.2 Å². The first-order valence-corrected chi connectivity index (χ1v) is 8.35. The molecule has 1 aliphatic rings. The molecule has 1 aromatic rings. The van der Waals surface area contributed by atoms with Crippen LogP contribution in [0, 0.1) is 0 Å². The third-order valence-corrected chi connectivity index (χ3v) is 5.54. The Kier molecular flexibility index (Phi) is 4.02. The van der Waals surface area contributed by atoms with E-state index in [1.165, 1.54) is 18.4 Å². The summed E-state index contributed by atoms with van der Waals surface area (Å²) in [7, 11) is 0. The maximum absolute atomic E-state index is 5.98. The Hall–Kier alpha value is -0.490. The minimum absolute atomic E-state index is 0.161. The van der Waals surface area contributed by atoms with E-state index < -0.39 is 0 Å². The van der Waals surface area contributed by atoms with E-state index in [1.807, 2.05) is 0 Å². The minimum Gasteiger partial charge on any atom is -0.127 e. The van der Waals surface area contributed by atoms with Gasteiger partial charge in [0.2, 0.25) is 0 Å². The molecular formula is C19H29Cl. The summed E-state index contributed by atoms with van der Waals surface area (Å²) in [4.78, 5) is 0. The molecule has 0 unspecified atom stereocenters. The Morgan fingerprint density at radius 3 is 2.10 bits per heavy atom. The standard InChI is InChI=1S/C19H29Cl/c1-17(2,11-12-20)14-7-8-15-16(13-14)19(5,6)10-9-18(15,3)4/h7-8,13H,9-12H2,1-6H3. The van der Waals surface area contributed by atoms with Crippen LogP contribution in [0.5, 0.6) is 0 Å². The molecule has 0 aromatic heterocycles. The highest BCUT2D eigenvalue weighted by atomic mass is 35.5. The lowest BCUT2D eigenvalue weighted by molar-refractivity contribution is 0.330. The van der Waals surface area contributed by atoms with Crippen molar-refractivity contribution in [1.82, 2.24) is 0 Å². The summed E-state index contributed by atoms with van der Waals surface area (Å²) in [5, 5.41) is 0. The predicted octanol–water partition coefficient (Wildman–Crippen LogP) is 5.94. The van der Waals surface area contributed by atoms with Crippen molar-refractivity contribution in [2.45, 2.75) is 77.0 Å². The first kappa shape index (κ1) is 15.9. The van der Waals surface area contributed by atoms with Crippen molar-refractivity contribution in [3.05, 3.63) is 34.9 Å². The first-order chi connectivity index (χ1) is 9.10. The number of hydrogen-bond donors (Lipinski definition) is 0. The number of hydrogen-bond acceptors (Lipinski definition) is 0.